The maximum Gasteiger partial charge on any atom is 0.338 e. The van der Waals surface area contributed by atoms with Gasteiger partial charge in [-0.15, -0.1) is 0 Å². The lowest BCUT2D eigenvalue weighted by Crippen LogP contribution is -2.48. The van der Waals surface area contributed by atoms with E-state index in [0.29, 0.717) is 36.7 Å². The van der Waals surface area contributed by atoms with E-state index in [1.165, 1.54) is 6.26 Å². The van der Waals surface area contributed by atoms with Crippen LogP contribution in [-0.2, 0) is 22.6 Å². The van der Waals surface area contributed by atoms with Crippen molar-refractivity contribution in [3.05, 3.63) is 95.5 Å². The zero-order valence-corrected chi connectivity index (χ0v) is 17.7. The van der Waals surface area contributed by atoms with Crippen LogP contribution in [0.2, 0.25) is 0 Å². The van der Waals surface area contributed by atoms with Crippen LogP contribution in [0.25, 0.3) is 0 Å². The summed E-state index contributed by atoms with van der Waals surface area (Å²) in [5.74, 6) is 0.733. The number of benzene rings is 1. The molecule has 2 amide bonds. The fourth-order valence-electron chi connectivity index (χ4n) is 3.72. The molecule has 0 saturated heterocycles. The predicted octanol–water partition coefficient (Wildman–Crippen LogP) is 3.75. The van der Waals surface area contributed by atoms with Crippen molar-refractivity contribution >= 4 is 12.0 Å². The molecule has 0 unspecified atom stereocenters. The Bertz CT molecular complexity index is 1060. The predicted molar refractivity (Wildman–Crippen MR) is 116 cm³/mol. The first-order chi connectivity index (χ1) is 15.6. The average Bonchev–Trinajstić information content (AvgIpc) is 3.48. The Labute approximate surface area is 185 Å². The van der Waals surface area contributed by atoms with Gasteiger partial charge in [0.25, 0.3) is 0 Å². The fourth-order valence-corrected chi connectivity index (χ4v) is 3.72. The van der Waals surface area contributed by atoms with Crippen LogP contribution in [0.3, 0.4) is 0 Å². The van der Waals surface area contributed by atoms with E-state index in [1.807, 2.05) is 42.5 Å². The molecule has 3 heterocycles. The highest BCUT2D eigenvalue weighted by atomic mass is 16.5. The summed E-state index contributed by atoms with van der Waals surface area (Å²) < 4.78 is 16.4. The fraction of sp³-hybridized carbons (Fsp3) is 0.250. The number of amides is 2. The second-order valence-electron chi connectivity index (χ2n) is 7.37. The number of carbonyl (C=O) groups is 2. The third-order valence-corrected chi connectivity index (χ3v) is 5.07. The molecule has 0 bridgehead atoms. The number of hydrogen-bond donors (Lipinski definition) is 2. The van der Waals surface area contributed by atoms with E-state index < -0.39 is 18.0 Å². The molecule has 1 atom stereocenters. The van der Waals surface area contributed by atoms with E-state index in [4.69, 9.17) is 13.6 Å². The summed E-state index contributed by atoms with van der Waals surface area (Å²) in [6.45, 7) is 3.35. The Hall–Kier alpha value is -3.78. The van der Waals surface area contributed by atoms with Gasteiger partial charge in [-0.1, -0.05) is 30.3 Å². The second-order valence-corrected chi connectivity index (χ2v) is 7.37. The standard InChI is InChI=1S/C24H25N3O5/c1-2-30-23(28)21-19(25-24(29)26-22(21)20-11-7-13-32-20)16-27(15-18-10-6-12-31-18)14-17-8-4-3-5-9-17/h3-13,22H,2,14-16H2,1H3,(H2,25,26,29)/t22-/m0/s1. The minimum Gasteiger partial charge on any atom is -0.468 e. The smallest absolute Gasteiger partial charge is 0.338 e. The molecule has 0 saturated carbocycles. The molecule has 0 spiro atoms. The summed E-state index contributed by atoms with van der Waals surface area (Å²) in [5.41, 5.74) is 1.88. The molecular weight excluding hydrogens is 410 g/mol. The number of nitrogens with zero attached hydrogens (tertiary/aromatic N) is 1. The van der Waals surface area contributed by atoms with Gasteiger partial charge in [-0.25, -0.2) is 9.59 Å². The molecule has 8 nitrogen and oxygen atoms in total. The number of hydrogen-bond acceptors (Lipinski definition) is 6. The first kappa shape index (κ1) is 21.5. The van der Waals surface area contributed by atoms with Gasteiger partial charge >= 0.3 is 12.0 Å². The van der Waals surface area contributed by atoms with Gasteiger partial charge in [-0.2, -0.15) is 0 Å². The van der Waals surface area contributed by atoms with Crippen molar-refractivity contribution in [2.45, 2.75) is 26.1 Å². The largest absolute Gasteiger partial charge is 0.468 e. The molecule has 0 radical (unpaired) electrons. The van der Waals surface area contributed by atoms with Crippen molar-refractivity contribution in [2.75, 3.05) is 13.2 Å². The van der Waals surface area contributed by atoms with Crippen molar-refractivity contribution in [1.82, 2.24) is 15.5 Å². The van der Waals surface area contributed by atoms with Gasteiger partial charge in [0, 0.05) is 18.8 Å². The molecule has 2 aromatic heterocycles. The number of esters is 1. The van der Waals surface area contributed by atoms with Crippen LogP contribution in [0.4, 0.5) is 4.79 Å². The normalized spacial score (nSPS) is 16.1. The highest BCUT2D eigenvalue weighted by molar-refractivity contribution is 5.95. The van der Waals surface area contributed by atoms with E-state index in [2.05, 4.69) is 15.5 Å². The summed E-state index contributed by atoms with van der Waals surface area (Å²) in [7, 11) is 0. The molecule has 32 heavy (non-hydrogen) atoms. The summed E-state index contributed by atoms with van der Waals surface area (Å²) in [6, 6.07) is 16.0. The Morgan fingerprint density at radius 1 is 1.00 bits per heavy atom. The molecule has 2 N–H and O–H groups in total. The van der Waals surface area contributed by atoms with Crippen LogP contribution in [0.1, 0.15) is 30.0 Å². The Balaban J connectivity index is 1.69. The van der Waals surface area contributed by atoms with E-state index in [1.54, 1.807) is 25.3 Å². The Kier molecular flexibility index (Phi) is 6.72. The van der Waals surface area contributed by atoms with Gasteiger partial charge in [-0.05, 0) is 36.8 Å². The molecule has 3 aromatic rings. The van der Waals surface area contributed by atoms with Crippen LogP contribution in [-0.4, -0.2) is 30.1 Å². The van der Waals surface area contributed by atoms with Crippen molar-refractivity contribution in [3.8, 4) is 0 Å². The van der Waals surface area contributed by atoms with Crippen LogP contribution in [0.5, 0.6) is 0 Å². The molecule has 0 fully saturated rings. The monoisotopic (exact) mass is 435 g/mol. The highest BCUT2D eigenvalue weighted by Crippen LogP contribution is 2.29. The summed E-state index contributed by atoms with van der Waals surface area (Å²) >= 11 is 0. The molecule has 8 heteroatoms. The van der Waals surface area contributed by atoms with E-state index in [0.717, 1.165) is 11.3 Å². The molecule has 1 aliphatic rings. The van der Waals surface area contributed by atoms with E-state index >= 15 is 0 Å². The lowest BCUT2D eigenvalue weighted by molar-refractivity contribution is -0.139. The number of rotatable bonds is 9. The van der Waals surface area contributed by atoms with E-state index in [9.17, 15) is 9.59 Å². The van der Waals surface area contributed by atoms with Gasteiger partial charge in [0.1, 0.15) is 17.6 Å². The molecule has 0 aliphatic carbocycles. The average molecular weight is 435 g/mol. The van der Waals surface area contributed by atoms with Crippen LogP contribution < -0.4 is 10.6 Å². The first-order valence-corrected chi connectivity index (χ1v) is 10.4. The lowest BCUT2D eigenvalue weighted by atomic mass is 9.99. The zero-order valence-electron chi connectivity index (χ0n) is 17.7. The quantitative estimate of drug-likeness (QED) is 0.497. The summed E-state index contributed by atoms with van der Waals surface area (Å²) in [5, 5.41) is 5.58. The lowest BCUT2D eigenvalue weighted by Gasteiger charge is -2.31. The Morgan fingerprint density at radius 3 is 2.47 bits per heavy atom. The maximum absolute atomic E-state index is 12.9. The number of urea groups is 1. The van der Waals surface area contributed by atoms with Gasteiger partial charge in [0.2, 0.25) is 0 Å². The third-order valence-electron chi connectivity index (χ3n) is 5.07. The Morgan fingerprint density at radius 2 is 1.78 bits per heavy atom. The van der Waals surface area contributed by atoms with Crippen molar-refractivity contribution in [2.24, 2.45) is 0 Å². The number of carbonyl (C=O) groups excluding carboxylic acids is 2. The molecule has 1 aromatic carbocycles. The third kappa shape index (κ3) is 5.09. The summed E-state index contributed by atoms with van der Waals surface area (Å²) in [4.78, 5) is 27.5. The van der Waals surface area contributed by atoms with Gasteiger partial charge in [0.05, 0.1) is 31.3 Å². The van der Waals surface area contributed by atoms with Crippen molar-refractivity contribution in [1.29, 1.82) is 0 Å². The van der Waals surface area contributed by atoms with Gasteiger partial charge < -0.3 is 24.2 Å². The highest BCUT2D eigenvalue weighted by Gasteiger charge is 2.35. The van der Waals surface area contributed by atoms with E-state index in [-0.39, 0.29) is 6.61 Å². The first-order valence-electron chi connectivity index (χ1n) is 10.4. The van der Waals surface area contributed by atoms with Crippen LogP contribution in [0.15, 0.2) is 87.2 Å². The topological polar surface area (TPSA) is 97.0 Å². The number of ether oxygens (including phenoxy) is 1. The van der Waals surface area contributed by atoms with Crippen LogP contribution in [0, 0.1) is 0 Å². The summed E-state index contributed by atoms with van der Waals surface area (Å²) in [6.07, 6.45) is 3.13. The number of furan rings is 2. The zero-order chi connectivity index (χ0) is 22.3. The van der Waals surface area contributed by atoms with Gasteiger partial charge in [0.15, 0.2) is 0 Å². The number of nitrogens with one attached hydrogen (secondary N) is 2. The minimum absolute atomic E-state index is 0.217. The molecular formula is C24H25N3O5. The maximum atomic E-state index is 12.9. The van der Waals surface area contributed by atoms with Crippen molar-refractivity contribution in [3.63, 3.8) is 0 Å². The SMILES string of the molecule is CCOC(=O)C1=C(CN(Cc2ccccc2)Cc2ccco2)NC(=O)N[C@H]1c1ccco1. The van der Waals surface area contributed by atoms with Gasteiger partial charge in [-0.3, -0.25) is 4.90 Å². The minimum atomic E-state index is -0.741. The van der Waals surface area contributed by atoms with Crippen molar-refractivity contribution < 1.29 is 23.2 Å². The molecule has 166 valence electrons. The molecule has 1 aliphatic heterocycles. The second kappa shape index (κ2) is 10.0. The van der Waals surface area contributed by atoms with Crippen LogP contribution >= 0.6 is 0 Å². The molecule has 4 rings (SSSR count).